The summed E-state index contributed by atoms with van der Waals surface area (Å²) in [7, 11) is 1.39. The number of esters is 1. The van der Waals surface area contributed by atoms with Crippen LogP contribution in [0.5, 0.6) is 0 Å². The van der Waals surface area contributed by atoms with Gasteiger partial charge in [0.15, 0.2) is 0 Å². The predicted molar refractivity (Wildman–Crippen MR) is 81.4 cm³/mol. The number of hydrogen-bond acceptors (Lipinski definition) is 4. The second-order valence-electron chi connectivity index (χ2n) is 5.19. The fraction of sp³-hybridized carbons (Fsp3) is 0.294. The quantitative estimate of drug-likeness (QED) is 0.794. The summed E-state index contributed by atoms with van der Waals surface area (Å²) in [5.74, 6) is 0.503. The minimum absolute atomic E-state index is 0.325. The summed E-state index contributed by atoms with van der Waals surface area (Å²) in [6, 6.07) is 12.0. The highest BCUT2D eigenvalue weighted by atomic mass is 16.5. The summed E-state index contributed by atoms with van der Waals surface area (Å²) in [5, 5.41) is 0. The van der Waals surface area contributed by atoms with Gasteiger partial charge in [-0.25, -0.2) is 9.78 Å². The van der Waals surface area contributed by atoms with Crippen LogP contribution in [0.15, 0.2) is 42.6 Å². The molecule has 1 aliphatic heterocycles. The number of carbonyl (C=O) groups is 1. The molecule has 1 aromatic carbocycles. The van der Waals surface area contributed by atoms with E-state index in [9.17, 15) is 4.79 Å². The van der Waals surface area contributed by atoms with Gasteiger partial charge in [-0.1, -0.05) is 24.3 Å². The molecule has 3 rings (SSSR count). The molecule has 0 fully saturated rings. The third kappa shape index (κ3) is 2.89. The lowest BCUT2D eigenvalue weighted by atomic mass is 10.0. The van der Waals surface area contributed by atoms with Crippen LogP contribution in [-0.4, -0.2) is 24.6 Å². The van der Waals surface area contributed by atoms with Crippen molar-refractivity contribution in [1.82, 2.24) is 4.98 Å². The Bertz CT molecular complexity index is 655. The SMILES string of the molecule is COC(=O)c1ccnc(N2CCCc3ccccc3C2)c1. The fourth-order valence-corrected chi connectivity index (χ4v) is 2.73. The van der Waals surface area contributed by atoms with E-state index < -0.39 is 0 Å². The van der Waals surface area contributed by atoms with Gasteiger partial charge in [-0.2, -0.15) is 0 Å². The molecule has 0 amide bonds. The summed E-state index contributed by atoms with van der Waals surface area (Å²) >= 11 is 0. The van der Waals surface area contributed by atoms with Crippen LogP contribution in [-0.2, 0) is 17.7 Å². The first-order valence-corrected chi connectivity index (χ1v) is 7.14. The molecule has 4 nitrogen and oxygen atoms in total. The van der Waals surface area contributed by atoms with Crippen molar-refractivity contribution in [3.05, 3.63) is 59.3 Å². The Labute approximate surface area is 124 Å². The molecule has 108 valence electrons. The number of anilines is 1. The summed E-state index contributed by atoms with van der Waals surface area (Å²) < 4.78 is 4.77. The number of benzene rings is 1. The topological polar surface area (TPSA) is 42.4 Å². The second kappa shape index (κ2) is 5.95. The van der Waals surface area contributed by atoms with Gasteiger partial charge in [0.05, 0.1) is 12.7 Å². The molecule has 4 heteroatoms. The average Bonchev–Trinajstić information content (AvgIpc) is 2.76. The first-order chi connectivity index (χ1) is 10.3. The molecule has 0 spiro atoms. The Morgan fingerprint density at radius 3 is 2.86 bits per heavy atom. The summed E-state index contributed by atoms with van der Waals surface area (Å²) in [4.78, 5) is 18.3. The van der Waals surface area contributed by atoms with Crippen LogP contribution >= 0.6 is 0 Å². The number of fused-ring (bicyclic) bond motifs is 1. The number of carbonyl (C=O) groups excluding carboxylic acids is 1. The standard InChI is InChI=1S/C17H18N2O2/c1-21-17(20)14-8-9-18-16(11-14)19-10-4-7-13-5-2-3-6-15(13)12-19/h2-3,5-6,8-9,11H,4,7,10,12H2,1H3. The smallest absolute Gasteiger partial charge is 0.338 e. The molecule has 1 aliphatic rings. The van der Waals surface area contributed by atoms with Gasteiger partial charge in [0.2, 0.25) is 0 Å². The molecule has 0 saturated carbocycles. The number of hydrogen-bond donors (Lipinski definition) is 0. The number of nitrogens with zero attached hydrogens (tertiary/aromatic N) is 2. The monoisotopic (exact) mass is 282 g/mol. The lowest BCUT2D eigenvalue weighted by molar-refractivity contribution is 0.0600. The molecule has 0 atom stereocenters. The van der Waals surface area contributed by atoms with E-state index in [4.69, 9.17) is 4.74 Å². The average molecular weight is 282 g/mol. The highest BCUT2D eigenvalue weighted by Gasteiger charge is 2.16. The molecule has 0 N–H and O–H groups in total. The molecule has 1 aromatic heterocycles. The molecule has 0 radical (unpaired) electrons. The van der Waals surface area contributed by atoms with Crippen molar-refractivity contribution in [1.29, 1.82) is 0 Å². The zero-order valence-corrected chi connectivity index (χ0v) is 12.1. The van der Waals surface area contributed by atoms with Crippen LogP contribution in [0.25, 0.3) is 0 Å². The zero-order valence-electron chi connectivity index (χ0n) is 12.1. The predicted octanol–water partition coefficient (Wildman–Crippen LogP) is 2.82. The van der Waals surface area contributed by atoms with Crippen LogP contribution < -0.4 is 4.90 Å². The van der Waals surface area contributed by atoms with Crippen molar-refractivity contribution in [2.24, 2.45) is 0 Å². The van der Waals surface area contributed by atoms with Crippen molar-refractivity contribution in [3.63, 3.8) is 0 Å². The Morgan fingerprint density at radius 1 is 1.24 bits per heavy atom. The van der Waals surface area contributed by atoms with Crippen molar-refractivity contribution < 1.29 is 9.53 Å². The lowest BCUT2D eigenvalue weighted by Crippen LogP contribution is -2.23. The first kappa shape index (κ1) is 13.6. The molecule has 2 aromatic rings. The van der Waals surface area contributed by atoms with Gasteiger partial charge in [-0.05, 0) is 36.1 Å². The highest BCUT2D eigenvalue weighted by Crippen LogP contribution is 2.23. The highest BCUT2D eigenvalue weighted by molar-refractivity contribution is 5.90. The maximum Gasteiger partial charge on any atom is 0.338 e. The third-order valence-corrected chi connectivity index (χ3v) is 3.84. The van der Waals surface area contributed by atoms with Gasteiger partial charge in [-0.3, -0.25) is 0 Å². The largest absolute Gasteiger partial charge is 0.465 e. The van der Waals surface area contributed by atoms with Crippen LogP contribution in [0.3, 0.4) is 0 Å². The van der Waals surface area contributed by atoms with Crippen LogP contribution in [0.1, 0.15) is 27.9 Å². The maximum absolute atomic E-state index is 11.6. The molecule has 0 bridgehead atoms. The van der Waals surface area contributed by atoms with Gasteiger partial charge in [0.25, 0.3) is 0 Å². The molecule has 0 aliphatic carbocycles. The van der Waals surface area contributed by atoms with Crippen LogP contribution in [0, 0.1) is 0 Å². The molecule has 21 heavy (non-hydrogen) atoms. The van der Waals surface area contributed by atoms with E-state index in [1.807, 2.05) is 0 Å². The minimum atomic E-state index is -0.325. The van der Waals surface area contributed by atoms with Gasteiger partial charge in [0, 0.05) is 19.3 Å². The summed E-state index contributed by atoms with van der Waals surface area (Å²) in [5.41, 5.74) is 3.28. The van der Waals surface area contributed by atoms with E-state index in [2.05, 4.69) is 34.1 Å². The Hall–Kier alpha value is -2.36. The summed E-state index contributed by atoms with van der Waals surface area (Å²) in [6.07, 6.45) is 3.84. The van der Waals surface area contributed by atoms with Crippen molar-refractivity contribution in [2.75, 3.05) is 18.6 Å². The number of pyridine rings is 1. The third-order valence-electron chi connectivity index (χ3n) is 3.84. The van der Waals surface area contributed by atoms with Gasteiger partial charge in [0.1, 0.15) is 5.82 Å². The molecular weight excluding hydrogens is 264 g/mol. The molecule has 0 unspecified atom stereocenters. The lowest BCUT2D eigenvalue weighted by Gasteiger charge is -2.22. The van der Waals surface area contributed by atoms with E-state index in [-0.39, 0.29) is 5.97 Å². The number of methoxy groups -OCH3 is 1. The summed E-state index contributed by atoms with van der Waals surface area (Å²) in [6.45, 7) is 1.76. The molecule has 0 saturated heterocycles. The van der Waals surface area contributed by atoms with Gasteiger partial charge in [-0.15, -0.1) is 0 Å². The number of ether oxygens (including phenoxy) is 1. The minimum Gasteiger partial charge on any atom is -0.465 e. The van der Waals surface area contributed by atoms with Crippen LogP contribution in [0.2, 0.25) is 0 Å². The van der Waals surface area contributed by atoms with Crippen LogP contribution in [0.4, 0.5) is 5.82 Å². The second-order valence-corrected chi connectivity index (χ2v) is 5.19. The van der Waals surface area contributed by atoms with E-state index in [0.717, 1.165) is 31.7 Å². The Morgan fingerprint density at radius 2 is 2.05 bits per heavy atom. The van der Waals surface area contributed by atoms with E-state index in [1.54, 1.807) is 18.3 Å². The molecule has 2 heterocycles. The Kier molecular flexibility index (Phi) is 3.86. The van der Waals surface area contributed by atoms with Crippen molar-refractivity contribution >= 4 is 11.8 Å². The Balaban J connectivity index is 1.89. The van der Waals surface area contributed by atoms with E-state index >= 15 is 0 Å². The fourth-order valence-electron chi connectivity index (χ4n) is 2.73. The number of rotatable bonds is 2. The van der Waals surface area contributed by atoms with Gasteiger partial charge >= 0.3 is 5.97 Å². The molecular formula is C17H18N2O2. The number of aromatic nitrogens is 1. The van der Waals surface area contributed by atoms with Crippen molar-refractivity contribution in [2.45, 2.75) is 19.4 Å². The van der Waals surface area contributed by atoms with Gasteiger partial charge < -0.3 is 9.64 Å². The van der Waals surface area contributed by atoms with E-state index in [1.165, 1.54) is 18.2 Å². The van der Waals surface area contributed by atoms with Crippen molar-refractivity contribution in [3.8, 4) is 0 Å². The van der Waals surface area contributed by atoms with E-state index in [0.29, 0.717) is 5.56 Å². The first-order valence-electron chi connectivity index (χ1n) is 7.14. The maximum atomic E-state index is 11.6. The zero-order chi connectivity index (χ0) is 14.7. The number of aryl methyl sites for hydroxylation is 1. The normalized spacial score (nSPS) is 14.2.